The van der Waals surface area contributed by atoms with E-state index in [1.54, 1.807) is 0 Å². The van der Waals surface area contributed by atoms with Crippen LogP contribution in [0.25, 0.3) is 88.4 Å². The van der Waals surface area contributed by atoms with Crippen LogP contribution in [-0.2, 0) is 5.41 Å². The van der Waals surface area contributed by atoms with E-state index in [1.165, 1.54) is 105 Å². The summed E-state index contributed by atoms with van der Waals surface area (Å²) in [5.74, 6) is 0. The van der Waals surface area contributed by atoms with Gasteiger partial charge in [-0.25, -0.2) is 0 Å². The Balaban J connectivity index is 1.06. The van der Waals surface area contributed by atoms with E-state index in [0.717, 1.165) is 5.69 Å². The lowest BCUT2D eigenvalue weighted by Gasteiger charge is -2.34. The standard InChI is InChI=1S/C61H40N2/c1-5-18-41(19-6-1)43-32-35-56-50(38-43)51-39-44(42-20-7-2-8-21-42)33-36-57(51)62(56)47-34-37-58-52(40-47)48-26-14-16-30-55(48)63(58)59-31-17-29-54-60(59)49-27-13-15-28-53(49)61(54,45-22-9-3-10-23-45)46-24-11-4-12-25-46/h1-40H. The van der Waals surface area contributed by atoms with E-state index in [2.05, 4.69) is 252 Å². The predicted molar refractivity (Wildman–Crippen MR) is 263 cm³/mol. The maximum absolute atomic E-state index is 2.51. The van der Waals surface area contributed by atoms with Crippen LogP contribution in [0.1, 0.15) is 22.3 Å². The van der Waals surface area contributed by atoms with Gasteiger partial charge in [0.1, 0.15) is 0 Å². The van der Waals surface area contributed by atoms with Gasteiger partial charge in [-0.2, -0.15) is 0 Å². The number of aromatic nitrogens is 2. The van der Waals surface area contributed by atoms with Gasteiger partial charge in [-0.15, -0.1) is 0 Å². The molecule has 12 aromatic rings. The van der Waals surface area contributed by atoms with Crippen molar-refractivity contribution in [1.82, 2.24) is 9.13 Å². The van der Waals surface area contributed by atoms with Crippen LogP contribution in [0.3, 0.4) is 0 Å². The molecule has 0 spiro atoms. The minimum atomic E-state index is -0.478. The summed E-state index contributed by atoms with van der Waals surface area (Å²) in [6.45, 7) is 0. The van der Waals surface area contributed by atoms with Crippen molar-refractivity contribution in [3.05, 3.63) is 265 Å². The molecule has 2 heteroatoms. The Morgan fingerprint density at radius 3 is 1.40 bits per heavy atom. The second kappa shape index (κ2) is 13.9. The largest absolute Gasteiger partial charge is 0.309 e. The summed E-state index contributed by atoms with van der Waals surface area (Å²) < 4.78 is 4.98. The molecule has 0 fully saturated rings. The highest BCUT2D eigenvalue weighted by Crippen LogP contribution is 2.58. The van der Waals surface area contributed by atoms with E-state index in [4.69, 9.17) is 0 Å². The van der Waals surface area contributed by atoms with Crippen LogP contribution in [0, 0.1) is 0 Å². The average molecular weight is 801 g/mol. The lowest BCUT2D eigenvalue weighted by atomic mass is 9.68. The van der Waals surface area contributed by atoms with Crippen LogP contribution in [0.15, 0.2) is 243 Å². The number of benzene rings is 10. The van der Waals surface area contributed by atoms with Crippen LogP contribution in [0.2, 0.25) is 0 Å². The van der Waals surface area contributed by atoms with Gasteiger partial charge < -0.3 is 9.13 Å². The number of hydrogen-bond acceptors (Lipinski definition) is 0. The van der Waals surface area contributed by atoms with Gasteiger partial charge in [0.25, 0.3) is 0 Å². The minimum absolute atomic E-state index is 0.478. The highest BCUT2D eigenvalue weighted by molar-refractivity contribution is 6.14. The maximum atomic E-state index is 2.51. The molecule has 1 aliphatic carbocycles. The lowest BCUT2D eigenvalue weighted by molar-refractivity contribution is 0.768. The molecule has 0 bridgehead atoms. The third-order valence-electron chi connectivity index (χ3n) is 13.6. The number of hydrogen-bond donors (Lipinski definition) is 0. The SMILES string of the molecule is c1ccc(-c2ccc3c(c2)c2cc(-c4ccccc4)ccc2n3-c2ccc3c(c2)c2ccccc2n3-c2cccc3c2-c2ccccc2C3(c2ccccc2)c2ccccc2)cc1. The number of rotatable bonds is 6. The lowest BCUT2D eigenvalue weighted by Crippen LogP contribution is -2.28. The Hall–Kier alpha value is -8.20. The maximum Gasteiger partial charge on any atom is 0.0714 e. The Bertz CT molecular complexity index is 3570. The first-order valence-corrected chi connectivity index (χ1v) is 21.8. The average Bonchev–Trinajstić information content (AvgIpc) is 3.98. The third kappa shape index (κ3) is 5.19. The molecule has 0 saturated heterocycles. The first-order valence-electron chi connectivity index (χ1n) is 21.8. The van der Waals surface area contributed by atoms with E-state index in [-0.39, 0.29) is 0 Å². The fraction of sp³-hybridized carbons (Fsp3) is 0.0164. The van der Waals surface area contributed by atoms with E-state index in [1.807, 2.05) is 0 Å². The molecule has 294 valence electrons. The molecule has 10 aromatic carbocycles. The Labute approximate surface area is 366 Å². The monoisotopic (exact) mass is 800 g/mol. The number of nitrogens with zero attached hydrogens (tertiary/aromatic N) is 2. The van der Waals surface area contributed by atoms with Gasteiger partial charge in [-0.05, 0) is 105 Å². The molecule has 2 nitrogen and oxygen atoms in total. The predicted octanol–water partition coefficient (Wildman–Crippen LogP) is 15.6. The molecule has 0 unspecified atom stereocenters. The first kappa shape index (κ1) is 35.5. The van der Waals surface area contributed by atoms with Crippen LogP contribution in [0.4, 0.5) is 0 Å². The van der Waals surface area contributed by atoms with Crippen molar-refractivity contribution < 1.29 is 0 Å². The summed E-state index contributed by atoms with van der Waals surface area (Å²) in [4.78, 5) is 0. The minimum Gasteiger partial charge on any atom is -0.309 e. The van der Waals surface area contributed by atoms with Crippen molar-refractivity contribution in [2.45, 2.75) is 5.41 Å². The van der Waals surface area contributed by atoms with Crippen molar-refractivity contribution in [1.29, 1.82) is 0 Å². The molecule has 0 N–H and O–H groups in total. The van der Waals surface area contributed by atoms with Gasteiger partial charge in [0, 0.05) is 32.8 Å². The quantitative estimate of drug-likeness (QED) is 0.159. The molecule has 0 amide bonds. The summed E-state index contributed by atoms with van der Waals surface area (Å²) in [6, 6.07) is 89.5. The van der Waals surface area contributed by atoms with Gasteiger partial charge in [0.05, 0.1) is 33.2 Å². The Morgan fingerprint density at radius 1 is 0.286 bits per heavy atom. The first-order chi connectivity index (χ1) is 31.3. The molecule has 1 aliphatic rings. The van der Waals surface area contributed by atoms with Gasteiger partial charge >= 0.3 is 0 Å². The van der Waals surface area contributed by atoms with Gasteiger partial charge in [-0.3, -0.25) is 0 Å². The van der Waals surface area contributed by atoms with Crippen molar-refractivity contribution in [2.24, 2.45) is 0 Å². The van der Waals surface area contributed by atoms with Crippen LogP contribution < -0.4 is 0 Å². The van der Waals surface area contributed by atoms with E-state index in [0.29, 0.717) is 0 Å². The number of para-hydroxylation sites is 1. The molecule has 0 radical (unpaired) electrons. The van der Waals surface area contributed by atoms with E-state index < -0.39 is 5.41 Å². The molecule has 0 saturated carbocycles. The molecule has 0 aliphatic heterocycles. The van der Waals surface area contributed by atoms with Crippen LogP contribution >= 0.6 is 0 Å². The zero-order valence-electron chi connectivity index (χ0n) is 34.5. The van der Waals surface area contributed by atoms with E-state index >= 15 is 0 Å². The summed E-state index contributed by atoms with van der Waals surface area (Å²) in [6.07, 6.45) is 0. The van der Waals surface area contributed by atoms with Crippen molar-refractivity contribution in [2.75, 3.05) is 0 Å². The smallest absolute Gasteiger partial charge is 0.0714 e. The highest BCUT2D eigenvalue weighted by atomic mass is 15.0. The molecular formula is C61H40N2. The van der Waals surface area contributed by atoms with Crippen molar-refractivity contribution >= 4 is 43.6 Å². The van der Waals surface area contributed by atoms with Crippen LogP contribution in [0.5, 0.6) is 0 Å². The van der Waals surface area contributed by atoms with Gasteiger partial charge in [0.15, 0.2) is 0 Å². The highest BCUT2D eigenvalue weighted by Gasteiger charge is 2.47. The summed E-state index contributed by atoms with van der Waals surface area (Å²) in [5, 5.41) is 4.94. The van der Waals surface area contributed by atoms with Crippen molar-refractivity contribution in [3.8, 4) is 44.8 Å². The molecule has 63 heavy (non-hydrogen) atoms. The third-order valence-corrected chi connectivity index (χ3v) is 13.6. The fourth-order valence-corrected chi connectivity index (χ4v) is 10.9. The second-order valence-electron chi connectivity index (χ2n) is 16.8. The van der Waals surface area contributed by atoms with Crippen molar-refractivity contribution in [3.63, 3.8) is 0 Å². The molecule has 13 rings (SSSR count). The molecule has 2 aromatic heterocycles. The Morgan fingerprint density at radius 2 is 0.762 bits per heavy atom. The molecule has 2 heterocycles. The number of fused-ring (bicyclic) bond motifs is 9. The fourth-order valence-electron chi connectivity index (χ4n) is 10.9. The Kier molecular flexibility index (Phi) is 7.85. The van der Waals surface area contributed by atoms with Gasteiger partial charge in [0.2, 0.25) is 0 Å². The molecule has 0 atom stereocenters. The van der Waals surface area contributed by atoms with Crippen LogP contribution in [-0.4, -0.2) is 9.13 Å². The zero-order chi connectivity index (χ0) is 41.5. The normalized spacial score (nSPS) is 12.9. The second-order valence-corrected chi connectivity index (χ2v) is 16.8. The summed E-state index contributed by atoms with van der Waals surface area (Å²) >= 11 is 0. The van der Waals surface area contributed by atoms with E-state index in [9.17, 15) is 0 Å². The summed E-state index contributed by atoms with van der Waals surface area (Å²) in [7, 11) is 0. The summed E-state index contributed by atoms with van der Waals surface area (Å²) in [5.41, 5.74) is 19.2. The zero-order valence-corrected chi connectivity index (χ0v) is 34.5. The molecular weight excluding hydrogens is 761 g/mol. The topological polar surface area (TPSA) is 9.86 Å². The van der Waals surface area contributed by atoms with Gasteiger partial charge in [-0.1, -0.05) is 188 Å².